The van der Waals surface area contributed by atoms with Gasteiger partial charge in [-0.15, -0.1) is 11.6 Å². The molecule has 0 atom stereocenters. The van der Waals surface area contributed by atoms with Crippen LogP contribution in [0.3, 0.4) is 0 Å². The molecule has 0 fully saturated rings. The van der Waals surface area contributed by atoms with Crippen LogP contribution in [0.25, 0.3) is 16.4 Å². The molecule has 2 aromatic heterocycles. The van der Waals surface area contributed by atoms with Crippen molar-refractivity contribution in [2.75, 3.05) is 13.0 Å². The molecule has 6 heteroatoms. The van der Waals surface area contributed by atoms with Crippen molar-refractivity contribution in [2.24, 2.45) is 0 Å². The van der Waals surface area contributed by atoms with Gasteiger partial charge in [0.2, 0.25) is 11.0 Å². The number of hydrogen-bond donors (Lipinski definition) is 1. The van der Waals surface area contributed by atoms with E-state index >= 15 is 0 Å². The summed E-state index contributed by atoms with van der Waals surface area (Å²) in [6, 6.07) is 9.33. The molecule has 0 bridgehead atoms. The highest BCUT2D eigenvalue weighted by Crippen LogP contribution is 2.30. The number of aromatic nitrogens is 1. The molecular formula is C17H16ClFNO3+. The Morgan fingerprint density at radius 3 is 2.70 bits per heavy atom. The van der Waals surface area contributed by atoms with Crippen molar-refractivity contribution in [3.63, 3.8) is 0 Å². The molecule has 23 heavy (non-hydrogen) atoms. The van der Waals surface area contributed by atoms with Gasteiger partial charge in [0.05, 0.1) is 12.0 Å². The number of hydrogen-bond acceptors (Lipinski definition) is 3. The highest BCUT2D eigenvalue weighted by molar-refractivity contribution is 6.15. The molecule has 0 spiro atoms. The van der Waals surface area contributed by atoms with E-state index in [1.807, 2.05) is 0 Å². The standard InChI is InChI=1S/C16H12FNO3.CH3Cl/c1-2-21-16(20)14-13-5-3-4-8-18(13)12-7-6-10(17)9-11(12)15(14)19;1-2/h3-9H,2H2,1H3;1H3/p+1. The zero-order valence-corrected chi connectivity index (χ0v) is 13.5. The van der Waals surface area contributed by atoms with Gasteiger partial charge in [0, 0.05) is 24.6 Å². The first-order valence-corrected chi connectivity index (χ1v) is 7.68. The maximum atomic E-state index is 13.5. The van der Waals surface area contributed by atoms with Gasteiger partial charge in [0.25, 0.3) is 0 Å². The Hall–Kier alpha value is -2.40. The number of carbonyl (C=O) groups excluding carboxylic acids is 1. The fourth-order valence-corrected chi connectivity index (χ4v) is 2.43. The molecule has 0 saturated carbocycles. The van der Waals surface area contributed by atoms with Crippen LogP contribution in [0.1, 0.15) is 17.3 Å². The number of carbonyl (C=O) groups is 1. The fraction of sp³-hybridized carbons (Fsp3) is 0.176. The van der Waals surface area contributed by atoms with Crippen molar-refractivity contribution in [1.29, 1.82) is 0 Å². The first kappa shape index (κ1) is 17.0. The number of rotatable bonds is 2. The monoisotopic (exact) mass is 336 g/mol. The van der Waals surface area contributed by atoms with Gasteiger partial charge in [0.1, 0.15) is 5.82 Å². The van der Waals surface area contributed by atoms with Crippen LogP contribution in [0.5, 0.6) is 5.75 Å². The minimum Gasteiger partial charge on any atom is -0.506 e. The zero-order valence-electron chi connectivity index (χ0n) is 12.7. The van der Waals surface area contributed by atoms with Crippen molar-refractivity contribution < 1.29 is 23.4 Å². The summed E-state index contributed by atoms with van der Waals surface area (Å²) in [5, 5.41) is 10.7. The zero-order chi connectivity index (χ0) is 17.0. The third-order valence-electron chi connectivity index (χ3n) is 3.31. The van der Waals surface area contributed by atoms with E-state index in [2.05, 4.69) is 11.6 Å². The topological polar surface area (TPSA) is 50.6 Å². The Kier molecular flexibility index (Phi) is 5.34. The van der Waals surface area contributed by atoms with Crippen molar-refractivity contribution >= 4 is 34.0 Å². The van der Waals surface area contributed by atoms with Gasteiger partial charge >= 0.3 is 5.97 Å². The van der Waals surface area contributed by atoms with E-state index in [4.69, 9.17) is 4.74 Å². The highest BCUT2D eigenvalue weighted by Gasteiger charge is 2.26. The minimum absolute atomic E-state index is 0.0375. The summed E-state index contributed by atoms with van der Waals surface area (Å²) in [5.41, 5.74) is 1.15. The quantitative estimate of drug-likeness (QED) is 0.337. The lowest BCUT2D eigenvalue weighted by atomic mass is 10.1. The number of ether oxygens (including phenoxy) is 1. The first-order valence-electron chi connectivity index (χ1n) is 6.93. The molecule has 120 valence electrons. The van der Waals surface area contributed by atoms with Crippen molar-refractivity contribution in [3.05, 3.63) is 54.0 Å². The molecule has 0 aliphatic heterocycles. The van der Waals surface area contributed by atoms with Gasteiger partial charge in [-0.3, -0.25) is 0 Å². The van der Waals surface area contributed by atoms with Gasteiger partial charge in [0.15, 0.2) is 17.5 Å². The van der Waals surface area contributed by atoms with Gasteiger partial charge in [-0.2, -0.15) is 4.40 Å². The number of benzene rings is 1. The summed E-state index contributed by atoms with van der Waals surface area (Å²) >= 11 is 4.64. The maximum Gasteiger partial charge on any atom is 0.348 e. The lowest BCUT2D eigenvalue weighted by Crippen LogP contribution is -2.25. The van der Waals surface area contributed by atoms with E-state index in [9.17, 15) is 14.3 Å². The number of halogens is 2. The first-order chi connectivity index (χ1) is 11.1. The van der Waals surface area contributed by atoms with E-state index in [0.29, 0.717) is 11.0 Å². The lowest BCUT2D eigenvalue weighted by Gasteiger charge is -2.07. The molecule has 0 unspecified atom stereocenters. The molecule has 0 radical (unpaired) electrons. The number of aromatic hydroxyl groups is 1. The molecule has 3 rings (SSSR count). The molecule has 0 amide bonds. The summed E-state index contributed by atoms with van der Waals surface area (Å²) in [6.07, 6.45) is 3.22. The number of nitrogens with zero attached hydrogens (tertiary/aromatic N) is 1. The second-order valence-corrected chi connectivity index (χ2v) is 4.56. The Morgan fingerprint density at radius 2 is 2.00 bits per heavy atom. The normalized spacial score (nSPS) is 10.3. The Bertz CT molecular complexity index is 867. The van der Waals surface area contributed by atoms with Gasteiger partial charge in [-0.05, 0) is 25.1 Å². The van der Waals surface area contributed by atoms with Gasteiger partial charge in [-0.1, -0.05) is 0 Å². The smallest absolute Gasteiger partial charge is 0.348 e. The fourth-order valence-electron chi connectivity index (χ4n) is 2.43. The van der Waals surface area contributed by atoms with E-state index < -0.39 is 11.8 Å². The van der Waals surface area contributed by atoms with Crippen LogP contribution >= 0.6 is 11.6 Å². The van der Waals surface area contributed by atoms with Crippen LogP contribution in [-0.4, -0.2) is 24.1 Å². The number of esters is 1. The Morgan fingerprint density at radius 1 is 1.26 bits per heavy atom. The predicted molar refractivity (Wildman–Crippen MR) is 86.5 cm³/mol. The molecule has 0 aliphatic carbocycles. The van der Waals surface area contributed by atoms with Crippen molar-refractivity contribution in [3.8, 4) is 5.75 Å². The van der Waals surface area contributed by atoms with Crippen molar-refractivity contribution in [2.45, 2.75) is 6.92 Å². The third-order valence-corrected chi connectivity index (χ3v) is 3.31. The SMILES string of the molecule is CCOC(=O)c1c(O)c2cc(F)ccc2[n+]2ccccc12.CCl. The van der Waals surface area contributed by atoms with Crippen LogP contribution in [0.2, 0.25) is 0 Å². The summed E-state index contributed by atoms with van der Waals surface area (Å²) in [7, 11) is 0. The molecule has 1 aromatic carbocycles. The average Bonchev–Trinajstić information content (AvgIpc) is 2.57. The molecule has 0 saturated heterocycles. The van der Waals surface area contributed by atoms with Crippen LogP contribution in [0.4, 0.5) is 4.39 Å². The van der Waals surface area contributed by atoms with E-state index in [1.54, 1.807) is 41.8 Å². The molecular weight excluding hydrogens is 321 g/mol. The van der Waals surface area contributed by atoms with E-state index in [-0.39, 0.29) is 23.3 Å². The molecule has 0 aliphatic rings. The average molecular weight is 337 g/mol. The van der Waals surface area contributed by atoms with Crippen LogP contribution in [0.15, 0.2) is 42.6 Å². The Balaban J connectivity index is 0.000000924. The predicted octanol–water partition coefficient (Wildman–Crippen LogP) is 3.45. The summed E-state index contributed by atoms with van der Waals surface area (Å²) in [6.45, 7) is 1.88. The van der Waals surface area contributed by atoms with E-state index in [0.717, 1.165) is 0 Å². The van der Waals surface area contributed by atoms with Gasteiger partial charge in [-0.25, -0.2) is 9.18 Å². The number of alkyl halides is 1. The highest BCUT2D eigenvalue weighted by atomic mass is 35.5. The van der Waals surface area contributed by atoms with Gasteiger partial charge < -0.3 is 9.84 Å². The number of fused-ring (bicyclic) bond motifs is 3. The molecule has 2 heterocycles. The van der Waals surface area contributed by atoms with E-state index in [1.165, 1.54) is 18.5 Å². The largest absolute Gasteiger partial charge is 0.506 e. The minimum atomic E-state index is -0.634. The Labute approximate surface area is 137 Å². The third kappa shape index (κ3) is 3.05. The van der Waals surface area contributed by atoms with Crippen LogP contribution in [0, 0.1) is 5.82 Å². The van der Waals surface area contributed by atoms with Crippen molar-refractivity contribution in [1.82, 2.24) is 0 Å². The van der Waals surface area contributed by atoms with Crippen LogP contribution in [-0.2, 0) is 4.74 Å². The summed E-state index contributed by atoms with van der Waals surface area (Å²) in [4.78, 5) is 12.1. The number of pyridine rings is 2. The lowest BCUT2D eigenvalue weighted by molar-refractivity contribution is -0.481. The molecule has 1 N–H and O–H groups in total. The molecule has 4 nitrogen and oxygen atoms in total. The second-order valence-electron chi connectivity index (χ2n) is 4.56. The van der Waals surface area contributed by atoms with Crippen LogP contribution < -0.4 is 4.40 Å². The summed E-state index contributed by atoms with van der Waals surface area (Å²) < 4.78 is 20.2. The maximum absolute atomic E-state index is 13.5. The summed E-state index contributed by atoms with van der Waals surface area (Å²) in [5.74, 6) is -1.39. The second kappa shape index (κ2) is 7.24. The molecule has 3 aromatic rings.